The number of hydrogen-bond donors (Lipinski definition) is 1. The number of nitrogens with one attached hydrogen (secondary N) is 1. The van der Waals surface area contributed by atoms with Crippen molar-refractivity contribution in [3.63, 3.8) is 0 Å². The highest BCUT2D eigenvalue weighted by Crippen LogP contribution is 2.33. The van der Waals surface area contributed by atoms with E-state index in [0.717, 1.165) is 15.8 Å². The van der Waals surface area contributed by atoms with Gasteiger partial charge in [0.1, 0.15) is 5.75 Å². The fraction of sp³-hybridized carbons (Fsp3) is 0.160. The molecule has 3 aromatic carbocycles. The van der Waals surface area contributed by atoms with E-state index in [1.165, 1.54) is 0 Å². The van der Waals surface area contributed by atoms with Crippen molar-refractivity contribution in [1.29, 1.82) is 0 Å². The van der Waals surface area contributed by atoms with E-state index >= 15 is 0 Å². The molecule has 0 saturated heterocycles. The highest BCUT2D eigenvalue weighted by Gasteiger charge is 2.28. The van der Waals surface area contributed by atoms with Crippen LogP contribution < -0.4 is 10.1 Å². The van der Waals surface area contributed by atoms with Gasteiger partial charge < -0.3 is 14.5 Å². The maximum absolute atomic E-state index is 13.4. The Hall–Kier alpha value is -3.10. The van der Waals surface area contributed by atoms with E-state index in [1.54, 1.807) is 48.5 Å². The molecule has 0 radical (unpaired) electrons. The third kappa shape index (κ3) is 5.46. The third-order valence-electron chi connectivity index (χ3n) is 4.93. The average Bonchev–Trinajstić information content (AvgIpc) is 3.26. The number of aromatic nitrogens is 1. The average molecular weight is 527 g/mol. The number of benzene rings is 3. The summed E-state index contributed by atoms with van der Waals surface area (Å²) in [6.45, 7) is 2.96. The van der Waals surface area contributed by atoms with Gasteiger partial charge in [0.2, 0.25) is 26.6 Å². The van der Waals surface area contributed by atoms with Gasteiger partial charge in [0.25, 0.3) is 0 Å². The number of rotatable bonds is 9. The van der Waals surface area contributed by atoms with E-state index < -0.39 is 9.84 Å². The Balaban J connectivity index is 1.67. The first-order valence-electron chi connectivity index (χ1n) is 10.5. The van der Waals surface area contributed by atoms with Crippen molar-refractivity contribution in [2.24, 2.45) is 0 Å². The number of halogens is 1. The summed E-state index contributed by atoms with van der Waals surface area (Å²) in [6, 6.07) is 23.6. The molecule has 0 aliphatic rings. The molecule has 1 heterocycles. The van der Waals surface area contributed by atoms with Crippen LogP contribution in [0.1, 0.15) is 12.5 Å². The van der Waals surface area contributed by atoms with Crippen LogP contribution in [0, 0.1) is 0 Å². The minimum Gasteiger partial charge on any atom is -0.494 e. The fourth-order valence-electron chi connectivity index (χ4n) is 3.27. The SMILES string of the molecule is CCOc1ccc(-c2nc(S(=O)(=O)c3ccc(Br)cc3)c(NCCc3ccccc3)o2)cc1. The van der Waals surface area contributed by atoms with Crippen molar-refractivity contribution in [1.82, 2.24) is 4.98 Å². The number of anilines is 1. The van der Waals surface area contributed by atoms with Crippen molar-refractivity contribution in [3.8, 4) is 17.2 Å². The lowest BCUT2D eigenvalue weighted by molar-refractivity contribution is 0.340. The smallest absolute Gasteiger partial charge is 0.233 e. The lowest BCUT2D eigenvalue weighted by Crippen LogP contribution is -2.09. The van der Waals surface area contributed by atoms with Crippen molar-refractivity contribution >= 4 is 31.7 Å². The van der Waals surface area contributed by atoms with E-state index in [-0.39, 0.29) is 21.7 Å². The number of oxazole rings is 1. The molecule has 1 aromatic heterocycles. The summed E-state index contributed by atoms with van der Waals surface area (Å²) in [5.41, 5.74) is 1.79. The second-order valence-corrected chi connectivity index (χ2v) is 10.0. The fourth-order valence-corrected chi connectivity index (χ4v) is 4.82. The second kappa shape index (κ2) is 10.2. The molecule has 8 heteroatoms. The lowest BCUT2D eigenvalue weighted by Gasteiger charge is -2.06. The molecule has 33 heavy (non-hydrogen) atoms. The maximum atomic E-state index is 13.4. The zero-order valence-corrected chi connectivity index (χ0v) is 20.4. The molecule has 1 N–H and O–H groups in total. The molecule has 0 atom stereocenters. The predicted molar refractivity (Wildman–Crippen MR) is 131 cm³/mol. The molecule has 4 aromatic rings. The Bertz CT molecular complexity index is 1300. The molecule has 0 aliphatic carbocycles. The van der Waals surface area contributed by atoms with Gasteiger partial charge in [-0.3, -0.25) is 0 Å². The van der Waals surface area contributed by atoms with Crippen LogP contribution in [0.4, 0.5) is 5.88 Å². The van der Waals surface area contributed by atoms with E-state index in [9.17, 15) is 8.42 Å². The number of ether oxygens (including phenoxy) is 1. The number of hydrogen-bond acceptors (Lipinski definition) is 6. The summed E-state index contributed by atoms with van der Waals surface area (Å²) in [7, 11) is -3.90. The van der Waals surface area contributed by atoms with E-state index in [2.05, 4.69) is 26.2 Å². The van der Waals surface area contributed by atoms with Crippen LogP contribution in [-0.2, 0) is 16.3 Å². The summed E-state index contributed by atoms with van der Waals surface area (Å²) < 4.78 is 39.0. The Morgan fingerprint density at radius 2 is 1.67 bits per heavy atom. The summed E-state index contributed by atoms with van der Waals surface area (Å²) in [5.74, 6) is 1.06. The standard InChI is InChI=1S/C25H23BrN2O4S/c1-2-31-21-12-8-19(9-13-21)23-28-25(33(29,30)22-14-10-20(26)11-15-22)24(32-23)27-17-16-18-6-4-3-5-7-18/h3-15,27H,2,16-17H2,1H3. The number of sulfone groups is 1. The first-order valence-corrected chi connectivity index (χ1v) is 12.8. The maximum Gasteiger partial charge on any atom is 0.233 e. The molecular formula is C25H23BrN2O4S. The largest absolute Gasteiger partial charge is 0.494 e. The Kier molecular flexibility index (Phi) is 7.15. The van der Waals surface area contributed by atoms with Gasteiger partial charge in [-0.05, 0) is 67.4 Å². The van der Waals surface area contributed by atoms with Gasteiger partial charge in [-0.15, -0.1) is 0 Å². The Morgan fingerprint density at radius 1 is 0.970 bits per heavy atom. The minimum absolute atomic E-state index is 0.123. The van der Waals surface area contributed by atoms with Gasteiger partial charge in [-0.25, -0.2) is 8.42 Å². The van der Waals surface area contributed by atoms with Crippen molar-refractivity contribution in [3.05, 3.63) is 88.9 Å². The minimum atomic E-state index is -3.90. The van der Waals surface area contributed by atoms with Crippen LogP contribution in [0.2, 0.25) is 0 Å². The van der Waals surface area contributed by atoms with Crippen LogP contribution in [0.25, 0.3) is 11.5 Å². The zero-order chi connectivity index (χ0) is 23.3. The normalized spacial score (nSPS) is 11.3. The van der Waals surface area contributed by atoms with E-state index in [1.807, 2.05) is 37.3 Å². The topological polar surface area (TPSA) is 81.4 Å². The van der Waals surface area contributed by atoms with Gasteiger partial charge in [0.15, 0.2) is 0 Å². The molecule has 0 bridgehead atoms. The highest BCUT2D eigenvalue weighted by atomic mass is 79.9. The quantitative estimate of drug-likeness (QED) is 0.288. The highest BCUT2D eigenvalue weighted by molar-refractivity contribution is 9.10. The van der Waals surface area contributed by atoms with Gasteiger partial charge in [-0.1, -0.05) is 46.3 Å². The van der Waals surface area contributed by atoms with Crippen LogP contribution in [0.3, 0.4) is 0 Å². The van der Waals surface area contributed by atoms with E-state index in [4.69, 9.17) is 9.15 Å². The lowest BCUT2D eigenvalue weighted by atomic mass is 10.1. The molecule has 4 rings (SSSR count). The summed E-state index contributed by atoms with van der Waals surface area (Å²) in [5, 5.41) is 2.99. The van der Waals surface area contributed by atoms with Crippen molar-refractivity contribution in [2.75, 3.05) is 18.5 Å². The molecule has 0 unspecified atom stereocenters. The van der Waals surface area contributed by atoms with Crippen molar-refractivity contribution in [2.45, 2.75) is 23.3 Å². The molecular weight excluding hydrogens is 504 g/mol. The van der Waals surface area contributed by atoms with Gasteiger partial charge >= 0.3 is 0 Å². The molecule has 170 valence electrons. The van der Waals surface area contributed by atoms with E-state index in [0.29, 0.717) is 25.1 Å². The first-order chi connectivity index (χ1) is 16.0. The summed E-state index contributed by atoms with van der Waals surface area (Å²) in [4.78, 5) is 4.52. The summed E-state index contributed by atoms with van der Waals surface area (Å²) in [6.07, 6.45) is 0.706. The molecule has 6 nitrogen and oxygen atoms in total. The first kappa shape index (κ1) is 23.1. The van der Waals surface area contributed by atoms with Crippen LogP contribution in [0.5, 0.6) is 5.75 Å². The van der Waals surface area contributed by atoms with Crippen LogP contribution in [0.15, 0.2) is 97.7 Å². The molecule has 0 amide bonds. The molecule has 0 spiro atoms. The molecule has 0 aliphatic heterocycles. The summed E-state index contributed by atoms with van der Waals surface area (Å²) >= 11 is 3.34. The van der Waals surface area contributed by atoms with Crippen LogP contribution in [-0.4, -0.2) is 26.6 Å². The monoisotopic (exact) mass is 526 g/mol. The third-order valence-corrected chi connectivity index (χ3v) is 7.14. The predicted octanol–water partition coefficient (Wildman–Crippen LogP) is 5.99. The van der Waals surface area contributed by atoms with Crippen LogP contribution >= 0.6 is 15.9 Å². The second-order valence-electron chi connectivity index (χ2n) is 7.23. The number of nitrogens with zero attached hydrogens (tertiary/aromatic N) is 1. The molecule has 0 fully saturated rings. The molecule has 0 saturated carbocycles. The zero-order valence-electron chi connectivity index (χ0n) is 18.0. The Labute approximate surface area is 201 Å². The van der Waals surface area contributed by atoms with Gasteiger partial charge in [0, 0.05) is 16.6 Å². The van der Waals surface area contributed by atoms with Gasteiger partial charge in [0.05, 0.1) is 11.5 Å². The van der Waals surface area contributed by atoms with Gasteiger partial charge in [-0.2, -0.15) is 4.98 Å². The van der Waals surface area contributed by atoms with Crippen molar-refractivity contribution < 1.29 is 17.6 Å². The Morgan fingerprint density at radius 3 is 2.33 bits per heavy atom.